The maximum Gasteiger partial charge on any atom is 0.311 e. The highest BCUT2D eigenvalue weighted by atomic mass is 32.1. The van der Waals surface area contributed by atoms with Gasteiger partial charge in [0, 0.05) is 4.88 Å². The molecule has 1 aromatic rings. The zero-order chi connectivity index (χ0) is 10.0. The summed E-state index contributed by atoms with van der Waals surface area (Å²) in [6, 6.07) is 1.88. The van der Waals surface area contributed by atoms with Gasteiger partial charge in [0.15, 0.2) is 0 Å². The molecule has 0 aromatic carbocycles. The van der Waals surface area contributed by atoms with Crippen LogP contribution in [0.1, 0.15) is 43.2 Å². The third-order valence-electron chi connectivity index (χ3n) is 1.94. The van der Waals surface area contributed by atoms with Crippen molar-refractivity contribution in [2.45, 2.75) is 32.6 Å². The Labute approximate surface area is 81.6 Å². The van der Waals surface area contributed by atoms with E-state index in [9.17, 15) is 4.79 Å². The minimum atomic E-state index is -0.793. The van der Waals surface area contributed by atoms with E-state index in [-0.39, 0.29) is 0 Å². The third kappa shape index (κ3) is 2.28. The van der Waals surface area contributed by atoms with Crippen LogP contribution in [0.3, 0.4) is 0 Å². The van der Waals surface area contributed by atoms with E-state index < -0.39 is 11.9 Å². The molecule has 1 unspecified atom stereocenters. The number of carboxylic acid groups (broad SMARTS) is 1. The first-order valence-electron chi connectivity index (χ1n) is 4.21. The van der Waals surface area contributed by atoms with Gasteiger partial charge in [-0.05, 0) is 30.4 Å². The lowest BCUT2D eigenvalue weighted by molar-refractivity contribution is -0.138. The summed E-state index contributed by atoms with van der Waals surface area (Å²) in [6.45, 7) is 5.77. The lowest BCUT2D eigenvalue weighted by Gasteiger charge is -2.00. The van der Waals surface area contributed by atoms with Crippen molar-refractivity contribution in [1.82, 2.24) is 4.37 Å². The quantitative estimate of drug-likeness (QED) is 0.813. The minimum Gasteiger partial charge on any atom is -0.481 e. The fourth-order valence-corrected chi connectivity index (χ4v) is 1.81. The number of hydrogen-bond acceptors (Lipinski definition) is 3. The van der Waals surface area contributed by atoms with Crippen LogP contribution >= 0.6 is 11.5 Å². The van der Waals surface area contributed by atoms with Crippen LogP contribution in [0.4, 0.5) is 0 Å². The van der Waals surface area contributed by atoms with Crippen LogP contribution in [-0.2, 0) is 4.79 Å². The van der Waals surface area contributed by atoms with Crippen molar-refractivity contribution in [1.29, 1.82) is 0 Å². The van der Waals surface area contributed by atoms with Gasteiger partial charge in [-0.15, -0.1) is 0 Å². The summed E-state index contributed by atoms with van der Waals surface area (Å²) >= 11 is 1.28. The Hall–Kier alpha value is -0.900. The Morgan fingerprint density at radius 2 is 2.15 bits per heavy atom. The number of rotatable bonds is 3. The van der Waals surface area contributed by atoms with Gasteiger partial charge in [0.25, 0.3) is 0 Å². The predicted molar refractivity (Wildman–Crippen MR) is 52.3 cm³/mol. The zero-order valence-corrected chi connectivity index (χ0v) is 8.76. The van der Waals surface area contributed by atoms with E-state index >= 15 is 0 Å². The minimum absolute atomic E-state index is 0.367. The predicted octanol–water partition coefficient (Wildman–Crippen LogP) is 2.45. The summed E-state index contributed by atoms with van der Waals surface area (Å²) in [4.78, 5) is 11.5. The lowest BCUT2D eigenvalue weighted by atomic mass is 10.1. The van der Waals surface area contributed by atoms with Crippen molar-refractivity contribution in [3.63, 3.8) is 0 Å². The van der Waals surface area contributed by atoms with Crippen LogP contribution in [0.2, 0.25) is 0 Å². The third-order valence-corrected chi connectivity index (χ3v) is 2.92. The van der Waals surface area contributed by atoms with Gasteiger partial charge < -0.3 is 5.11 Å². The van der Waals surface area contributed by atoms with Gasteiger partial charge in [0.1, 0.15) is 0 Å². The van der Waals surface area contributed by atoms with E-state index in [0.29, 0.717) is 5.92 Å². The first-order valence-corrected chi connectivity index (χ1v) is 4.99. The second-order valence-electron chi connectivity index (χ2n) is 3.37. The molecule has 0 aliphatic heterocycles. The monoisotopic (exact) mass is 199 g/mol. The van der Waals surface area contributed by atoms with Crippen molar-refractivity contribution in [2.24, 2.45) is 0 Å². The van der Waals surface area contributed by atoms with Crippen LogP contribution in [-0.4, -0.2) is 15.4 Å². The summed E-state index contributed by atoms with van der Waals surface area (Å²) in [5, 5.41) is 8.76. The van der Waals surface area contributed by atoms with Crippen LogP contribution in [0, 0.1) is 0 Å². The molecule has 0 saturated heterocycles. The van der Waals surface area contributed by atoms with Crippen molar-refractivity contribution in [2.75, 3.05) is 0 Å². The molecule has 0 bridgehead atoms. The Balaban J connectivity index is 2.85. The standard InChI is InChI=1S/C9H13NO2S/c1-5(2)7-4-8(13-10-7)6(3)9(11)12/h4-6H,1-3H3,(H,11,12). The summed E-state index contributed by atoms with van der Waals surface area (Å²) < 4.78 is 4.20. The second kappa shape index (κ2) is 3.87. The topological polar surface area (TPSA) is 50.2 Å². The van der Waals surface area contributed by atoms with Crippen LogP contribution in [0.15, 0.2) is 6.07 Å². The molecule has 1 heterocycles. The summed E-state index contributed by atoms with van der Waals surface area (Å²) in [5.41, 5.74) is 0.980. The molecular formula is C9H13NO2S. The number of nitrogens with zero attached hydrogens (tertiary/aromatic N) is 1. The van der Waals surface area contributed by atoms with E-state index in [1.165, 1.54) is 11.5 Å². The van der Waals surface area contributed by atoms with E-state index in [2.05, 4.69) is 4.37 Å². The summed E-state index contributed by atoms with van der Waals surface area (Å²) in [6.07, 6.45) is 0. The van der Waals surface area contributed by atoms with Crippen LogP contribution in [0.25, 0.3) is 0 Å². The SMILES string of the molecule is CC(C)c1cc(C(C)C(=O)O)sn1. The molecule has 4 heteroatoms. The van der Waals surface area contributed by atoms with Crippen molar-refractivity contribution >= 4 is 17.5 Å². The number of carboxylic acids is 1. The largest absolute Gasteiger partial charge is 0.481 e. The molecule has 0 spiro atoms. The highest BCUT2D eigenvalue weighted by Gasteiger charge is 2.17. The molecule has 0 radical (unpaired) electrons. The van der Waals surface area contributed by atoms with Crippen molar-refractivity contribution in [3.05, 3.63) is 16.6 Å². The highest BCUT2D eigenvalue weighted by molar-refractivity contribution is 7.06. The molecule has 1 rings (SSSR count). The Kier molecular flexibility index (Phi) is 3.03. The number of aromatic nitrogens is 1. The molecular weight excluding hydrogens is 186 g/mol. The van der Waals surface area contributed by atoms with Crippen molar-refractivity contribution < 1.29 is 9.90 Å². The molecule has 13 heavy (non-hydrogen) atoms. The molecule has 0 fully saturated rings. The molecule has 0 aliphatic rings. The first kappa shape index (κ1) is 10.2. The average molecular weight is 199 g/mol. The lowest BCUT2D eigenvalue weighted by Crippen LogP contribution is -2.05. The maximum atomic E-state index is 10.7. The first-order chi connectivity index (χ1) is 6.02. The van der Waals surface area contributed by atoms with Gasteiger partial charge in [-0.25, -0.2) is 0 Å². The molecule has 1 aromatic heterocycles. The van der Waals surface area contributed by atoms with Crippen molar-refractivity contribution in [3.8, 4) is 0 Å². The summed E-state index contributed by atoms with van der Waals surface area (Å²) in [7, 11) is 0. The van der Waals surface area contributed by atoms with Crippen LogP contribution < -0.4 is 0 Å². The fourth-order valence-electron chi connectivity index (χ4n) is 0.902. The molecule has 0 aliphatic carbocycles. The van der Waals surface area contributed by atoms with Gasteiger partial charge in [0.05, 0.1) is 11.6 Å². The molecule has 1 atom stereocenters. The smallest absolute Gasteiger partial charge is 0.311 e. The number of aliphatic carboxylic acids is 1. The van der Waals surface area contributed by atoms with Gasteiger partial charge >= 0.3 is 5.97 Å². The highest BCUT2D eigenvalue weighted by Crippen LogP contribution is 2.24. The van der Waals surface area contributed by atoms with E-state index in [1.54, 1.807) is 6.92 Å². The van der Waals surface area contributed by atoms with Gasteiger partial charge in [-0.1, -0.05) is 13.8 Å². The van der Waals surface area contributed by atoms with Crippen LogP contribution in [0.5, 0.6) is 0 Å². The molecule has 72 valence electrons. The fraction of sp³-hybridized carbons (Fsp3) is 0.556. The zero-order valence-electron chi connectivity index (χ0n) is 7.94. The van der Waals surface area contributed by atoms with Gasteiger partial charge in [-0.2, -0.15) is 4.37 Å². The average Bonchev–Trinajstić information content (AvgIpc) is 2.50. The second-order valence-corrected chi connectivity index (χ2v) is 4.21. The van der Waals surface area contributed by atoms with E-state index in [4.69, 9.17) is 5.11 Å². The summed E-state index contributed by atoms with van der Waals surface area (Å²) in [5.74, 6) is -0.866. The Morgan fingerprint density at radius 1 is 1.54 bits per heavy atom. The van der Waals surface area contributed by atoms with E-state index in [0.717, 1.165) is 10.6 Å². The molecule has 0 saturated carbocycles. The molecule has 3 nitrogen and oxygen atoms in total. The van der Waals surface area contributed by atoms with Gasteiger partial charge in [0.2, 0.25) is 0 Å². The normalized spacial score (nSPS) is 13.2. The van der Waals surface area contributed by atoms with E-state index in [1.807, 2.05) is 19.9 Å². The molecule has 1 N–H and O–H groups in total. The van der Waals surface area contributed by atoms with Gasteiger partial charge in [-0.3, -0.25) is 4.79 Å². The number of carbonyl (C=O) groups is 1. The molecule has 0 amide bonds. The number of hydrogen-bond donors (Lipinski definition) is 1. The Bertz CT molecular complexity index is 306. The Morgan fingerprint density at radius 3 is 2.54 bits per heavy atom. The maximum absolute atomic E-state index is 10.7.